The molecule has 1 atom stereocenters. The number of ether oxygens (including phenoxy) is 1. The van der Waals surface area contributed by atoms with E-state index < -0.39 is 0 Å². The Labute approximate surface area is 105 Å². The van der Waals surface area contributed by atoms with Gasteiger partial charge in [-0.05, 0) is 13.0 Å². The lowest BCUT2D eigenvalue weighted by atomic mass is 10.4. The molecular weight excluding hydrogens is 240 g/mol. The minimum Gasteiger partial charge on any atom is -0.476 e. The molecule has 2 heterocycles. The molecule has 0 radical (unpaired) electrons. The van der Waals surface area contributed by atoms with Crippen LogP contribution in [0.25, 0.3) is 0 Å². The second-order valence-corrected chi connectivity index (χ2v) is 4.26. The van der Waals surface area contributed by atoms with Crippen LogP contribution in [0.15, 0.2) is 23.3 Å². The van der Waals surface area contributed by atoms with Crippen molar-refractivity contribution in [2.45, 2.75) is 13.0 Å². The van der Waals surface area contributed by atoms with Crippen LogP contribution in [-0.4, -0.2) is 36.7 Å². The van der Waals surface area contributed by atoms with Crippen LogP contribution in [-0.2, 0) is 0 Å². The Morgan fingerprint density at radius 2 is 2.47 bits per heavy atom. The van der Waals surface area contributed by atoms with Gasteiger partial charge in [-0.2, -0.15) is 0 Å². The van der Waals surface area contributed by atoms with Gasteiger partial charge in [0.2, 0.25) is 5.88 Å². The topological polar surface area (TPSA) is 58.5 Å². The Kier molecular flexibility index (Phi) is 4.03. The van der Waals surface area contributed by atoms with Crippen LogP contribution in [0.3, 0.4) is 0 Å². The van der Waals surface area contributed by atoms with Crippen LogP contribution < -0.4 is 15.4 Å². The first-order valence-corrected chi connectivity index (χ1v) is 5.91. The summed E-state index contributed by atoms with van der Waals surface area (Å²) in [5.41, 5.74) is 0. The second-order valence-electron chi connectivity index (χ2n) is 3.82. The summed E-state index contributed by atoms with van der Waals surface area (Å²) in [6.45, 7) is 4.13. The van der Waals surface area contributed by atoms with Gasteiger partial charge in [-0.3, -0.25) is 4.99 Å². The van der Waals surface area contributed by atoms with Crippen molar-refractivity contribution in [3.05, 3.63) is 23.4 Å². The first-order chi connectivity index (χ1) is 8.24. The molecule has 0 saturated heterocycles. The normalized spacial score (nSPS) is 18.5. The van der Waals surface area contributed by atoms with Gasteiger partial charge in [0.25, 0.3) is 0 Å². The molecule has 2 rings (SSSR count). The zero-order valence-electron chi connectivity index (χ0n) is 9.61. The zero-order chi connectivity index (χ0) is 12.1. The highest BCUT2D eigenvalue weighted by atomic mass is 35.5. The van der Waals surface area contributed by atoms with Crippen molar-refractivity contribution >= 4 is 17.6 Å². The van der Waals surface area contributed by atoms with Gasteiger partial charge in [-0.1, -0.05) is 11.6 Å². The van der Waals surface area contributed by atoms with Crippen LogP contribution in [0.2, 0.25) is 5.02 Å². The Morgan fingerprint density at radius 3 is 3.12 bits per heavy atom. The van der Waals surface area contributed by atoms with Gasteiger partial charge in [-0.25, -0.2) is 4.98 Å². The maximum absolute atomic E-state index is 5.72. The summed E-state index contributed by atoms with van der Waals surface area (Å²) >= 11 is 5.72. The highest BCUT2D eigenvalue weighted by molar-refractivity contribution is 6.30. The van der Waals surface area contributed by atoms with Crippen molar-refractivity contribution in [3.8, 4) is 5.88 Å². The summed E-state index contributed by atoms with van der Waals surface area (Å²) in [5, 5.41) is 6.97. The van der Waals surface area contributed by atoms with Crippen molar-refractivity contribution < 1.29 is 4.74 Å². The fraction of sp³-hybridized carbons (Fsp3) is 0.455. The number of halogens is 1. The molecule has 0 aromatic carbocycles. The van der Waals surface area contributed by atoms with Gasteiger partial charge in [-0.15, -0.1) is 0 Å². The maximum atomic E-state index is 5.72. The van der Waals surface area contributed by atoms with Crippen molar-refractivity contribution in [1.82, 2.24) is 15.6 Å². The van der Waals surface area contributed by atoms with Gasteiger partial charge in [0.05, 0.1) is 18.1 Å². The average Bonchev–Trinajstić information content (AvgIpc) is 2.73. The van der Waals surface area contributed by atoms with Crippen LogP contribution in [0.4, 0.5) is 0 Å². The lowest BCUT2D eigenvalue weighted by molar-refractivity contribution is 0.310. The molecule has 17 heavy (non-hydrogen) atoms. The number of pyridine rings is 1. The van der Waals surface area contributed by atoms with E-state index in [0.717, 1.165) is 12.5 Å². The largest absolute Gasteiger partial charge is 0.476 e. The number of nitrogens with one attached hydrogen (secondary N) is 2. The third-order valence-corrected chi connectivity index (χ3v) is 2.47. The van der Waals surface area contributed by atoms with Crippen molar-refractivity contribution in [1.29, 1.82) is 0 Å². The molecule has 0 bridgehead atoms. The standard InChI is InChI=1S/C11H15ClN4O/c1-8-6-15-11(16-8)13-4-5-17-10-3-2-9(12)7-14-10/h2-3,7-8H,4-6H2,1H3,(H2,13,15,16). The van der Waals surface area contributed by atoms with Gasteiger partial charge in [0.15, 0.2) is 5.96 Å². The second kappa shape index (κ2) is 5.72. The number of aliphatic imine (C=N–C) groups is 1. The molecule has 6 heteroatoms. The van der Waals surface area contributed by atoms with E-state index in [-0.39, 0.29) is 0 Å². The SMILES string of the molecule is CC1CN=C(NCCOc2ccc(Cl)cn2)N1. The Morgan fingerprint density at radius 1 is 1.59 bits per heavy atom. The molecule has 0 fully saturated rings. The fourth-order valence-electron chi connectivity index (χ4n) is 1.43. The summed E-state index contributed by atoms with van der Waals surface area (Å²) in [4.78, 5) is 8.31. The van der Waals surface area contributed by atoms with E-state index in [9.17, 15) is 0 Å². The average molecular weight is 255 g/mol. The van der Waals surface area contributed by atoms with E-state index in [0.29, 0.717) is 30.1 Å². The van der Waals surface area contributed by atoms with Crippen molar-refractivity contribution in [2.75, 3.05) is 19.7 Å². The van der Waals surface area contributed by atoms with E-state index in [1.54, 1.807) is 18.3 Å². The molecule has 92 valence electrons. The number of guanidine groups is 1. The first-order valence-electron chi connectivity index (χ1n) is 5.53. The minimum atomic E-state index is 0.413. The molecule has 1 aliphatic heterocycles. The predicted molar refractivity (Wildman–Crippen MR) is 67.6 cm³/mol. The lowest BCUT2D eigenvalue weighted by Gasteiger charge is -2.09. The van der Waals surface area contributed by atoms with Crippen LogP contribution in [0.5, 0.6) is 5.88 Å². The summed E-state index contributed by atoms with van der Waals surface area (Å²) in [5.74, 6) is 1.41. The third kappa shape index (κ3) is 3.78. The molecule has 1 aromatic rings. The quantitative estimate of drug-likeness (QED) is 0.789. The van der Waals surface area contributed by atoms with E-state index in [4.69, 9.17) is 16.3 Å². The molecule has 0 spiro atoms. The third-order valence-electron chi connectivity index (χ3n) is 2.25. The molecule has 0 aliphatic carbocycles. The molecule has 2 N–H and O–H groups in total. The van der Waals surface area contributed by atoms with Gasteiger partial charge in [0.1, 0.15) is 6.61 Å². The summed E-state index contributed by atoms with van der Waals surface area (Å²) in [7, 11) is 0. The molecule has 0 saturated carbocycles. The number of nitrogens with zero attached hydrogens (tertiary/aromatic N) is 2. The van der Waals surface area contributed by atoms with Gasteiger partial charge < -0.3 is 15.4 Å². The van der Waals surface area contributed by atoms with Gasteiger partial charge in [0, 0.05) is 18.3 Å². The van der Waals surface area contributed by atoms with E-state index in [1.165, 1.54) is 0 Å². The minimum absolute atomic E-state index is 0.413. The fourth-order valence-corrected chi connectivity index (χ4v) is 1.54. The van der Waals surface area contributed by atoms with Crippen LogP contribution in [0, 0.1) is 0 Å². The zero-order valence-corrected chi connectivity index (χ0v) is 10.4. The van der Waals surface area contributed by atoms with Crippen molar-refractivity contribution in [3.63, 3.8) is 0 Å². The highest BCUT2D eigenvalue weighted by Gasteiger charge is 2.10. The molecule has 1 aliphatic rings. The maximum Gasteiger partial charge on any atom is 0.213 e. The molecule has 0 amide bonds. The molecule has 1 aromatic heterocycles. The van der Waals surface area contributed by atoms with E-state index in [2.05, 4.69) is 27.5 Å². The number of aromatic nitrogens is 1. The van der Waals surface area contributed by atoms with Crippen LogP contribution >= 0.6 is 11.6 Å². The first kappa shape index (κ1) is 12.0. The summed E-state index contributed by atoms with van der Waals surface area (Å²) in [6, 6.07) is 3.91. The predicted octanol–water partition coefficient (Wildman–Crippen LogP) is 1.05. The van der Waals surface area contributed by atoms with Gasteiger partial charge >= 0.3 is 0 Å². The number of rotatable bonds is 4. The number of hydrogen-bond acceptors (Lipinski definition) is 5. The summed E-state index contributed by atoms with van der Waals surface area (Å²) in [6.07, 6.45) is 1.56. The molecule has 1 unspecified atom stereocenters. The van der Waals surface area contributed by atoms with E-state index in [1.807, 2.05) is 0 Å². The smallest absolute Gasteiger partial charge is 0.213 e. The Bertz CT molecular complexity index is 393. The van der Waals surface area contributed by atoms with Crippen LogP contribution in [0.1, 0.15) is 6.92 Å². The van der Waals surface area contributed by atoms with E-state index >= 15 is 0 Å². The van der Waals surface area contributed by atoms with Crippen molar-refractivity contribution in [2.24, 2.45) is 4.99 Å². The number of hydrogen-bond donors (Lipinski definition) is 2. The highest BCUT2D eigenvalue weighted by Crippen LogP contribution is 2.10. The monoisotopic (exact) mass is 254 g/mol. The summed E-state index contributed by atoms with van der Waals surface area (Å²) < 4.78 is 5.43. The Hall–Kier alpha value is -1.49. The Balaban J connectivity index is 1.65. The lowest BCUT2D eigenvalue weighted by Crippen LogP contribution is -2.39. The molecule has 5 nitrogen and oxygen atoms in total. The molecular formula is C11H15ClN4O.